The number of amides is 1. The van der Waals surface area contributed by atoms with E-state index in [1.54, 1.807) is 32.9 Å². The molecule has 27 heavy (non-hydrogen) atoms. The molecule has 0 aliphatic carbocycles. The smallest absolute Gasteiger partial charge is 0.339 e. The fourth-order valence-corrected chi connectivity index (χ4v) is 3.55. The van der Waals surface area contributed by atoms with E-state index in [0.717, 1.165) is 0 Å². The van der Waals surface area contributed by atoms with E-state index < -0.39 is 22.9 Å². The van der Waals surface area contributed by atoms with Crippen molar-refractivity contribution < 1.29 is 19.1 Å². The molecule has 0 saturated carbocycles. The zero-order valence-corrected chi connectivity index (χ0v) is 16.0. The Morgan fingerprint density at radius 3 is 2.67 bits per heavy atom. The predicted molar refractivity (Wildman–Crippen MR) is 98.2 cm³/mol. The number of rotatable bonds is 1. The molecule has 0 radical (unpaired) electrons. The highest BCUT2D eigenvalue weighted by Crippen LogP contribution is 2.52. The van der Waals surface area contributed by atoms with Gasteiger partial charge in [-0.05, 0) is 45.9 Å². The Hall–Kier alpha value is -2.98. The van der Waals surface area contributed by atoms with Crippen LogP contribution in [0.5, 0.6) is 0 Å². The Morgan fingerprint density at radius 2 is 2.07 bits per heavy atom. The Morgan fingerprint density at radius 1 is 1.41 bits per heavy atom. The number of allylic oxidation sites excluding steroid dienone is 1. The highest BCUT2D eigenvalue weighted by molar-refractivity contribution is 6.31. The Labute approximate surface area is 161 Å². The summed E-state index contributed by atoms with van der Waals surface area (Å²) in [6, 6.07) is 6.66. The first-order chi connectivity index (χ1) is 12.5. The third kappa shape index (κ3) is 2.73. The lowest BCUT2D eigenvalue weighted by Gasteiger charge is -2.35. The van der Waals surface area contributed by atoms with Gasteiger partial charge in [-0.1, -0.05) is 11.6 Å². The topological polar surface area (TPSA) is 114 Å². The molecule has 3 rings (SSSR count). The van der Waals surface area contributed by atoms with E-state index in [1.165, 1.54) is 13.0 Å². The number of carbonyl (C=O) groups excluding carboxylic acids is 2. The molecule has 0 unspecified atom stereocenters. The number of carbonyl (C=O) groups is 2. The summed E-state index contributed by atoms with van der Waals surface area (Å²) in [5, 5.41) is 12.8. The van der Waals surface area contributed by atoms with Gasteiger partial charge >= 0.3 is 5.97 Å². The minimum atomic E-state index is -1.79. The number of hydrogen-bond donors (Lipinski definition) is 2. The van der Waals surface area contributed by atoms with Gasteiger partial charge in [0.1, 0.15) is 28.6 Å². The fraction of sp³-hybridized carbons (Fsp3) is 0.316. The summed E-state index contributed by atoms with van der Waals surface area (Å²) in [6.45, 7) is 6.60. The van der Waals surface area contributed by atoms with Crippen molar-refractivity contribution in [3.05, 3.63) is 51.6 Å². The normalized spacial score (nSPS) is 21.6. The standard InChI is InChI=1S/C19H18ClN3O4/c1-9-14(16(24)27-18(2,3)4)19(12(8-21)15(22)26-9)11-7-10(20)5-6-13(11)23-17(19)25/h5-7H,22H2,1-4H3,(H,23,25)/t19-/m1/s1. The van der Waals surface area contributed by atoms with Crippen LogP contribution in [0.1, 0.15) is 33.3 Å². The van der Waals surface area contributed by atoms with Crippen LogP contribution in [0.4, 0.5) is 5.69 Å². The summed E-state index contributed by atoms with van der Waals surface area (Å²) in [4.78, 5) is 26.2. The van der Waals surface area contributed by atoms with Crippen molar-refractivity contribution in [2.24, 2.45) is 5.73 Å². The number of fused-ring (bicyclic) bond motifs is 2. The summed E-state index contributed by atoms with van der Waals surface area (Å²) in [6.07, 6.45) is 0. The number of esters is 1. The van der Waals surface area contributed by atoms with Crippen LogP contribution in [-0.4, -0.2) is 17.5 Å². The van der Waals surface area contributed by atoms with E-state index >= 15 is 0 Å². The molecule has 1 aromatic carbocycles. The van der Waals surface area contributed by atoms with Crippen LogP contribution in [-0.2, 0) is 24.5 Å². The second-order valence-corrected chi connectivity index (χ2v) is 7.72. The SMILES string of the molecule is CC1=C(C(=O)OC(C)(C)C)[C@]2(C(=O)Nc3ccc(Cl)cc32)C(C#N)=C(N)O1. The number of halogens is 1. The van der Waals surface area contributed by atoms with E-state index in [-0.39, 0.29) is 22.8 Å². The molecule has 1 atom stereocenters. The van der Waals surface area contributed by atoms with Gasteiger partial charge < -0.3 is 20.5 Å². The average molecular weight is 388 g/mol. The predicted octanol–water partition coefficient (Wildman–Crippen LogP) is 2.87. The molecule has 1 amide bonds. The Kier molecular flexibility index (Phi) is 4.20. The van der Waals surface area contributed by atoms with Crippen molar-refractivity contribution in [2.75, 3.05) is 5.32 Å². The lowest BCUT2D eigenvalue weighted by Crippen LogP contribution is -2.46. The molecule has 1 spiro atoms. The van der Waals surface area contributed by atoms with Gasteiger partial charge in [-0.3, -0.25) is 4.79 Å². The van der Waals surface area contributed by atoms with Gasteiger partial charge in [0.15, 0.2) is 5.41 Å². The number of anilines is 1. The van der Waals surface area contributed by atoms with Crippen molar-refractivity contribution in [3.63, 3.8) is 0 Å². The van der Waals surface area contributed by atoms with E-state index in [9.17, 15) is 14.9 Å². The first-order valence-electron chi connectivity index (χ1n) is 8.16. The molecule has 0 fully saturated rings. The lowest BCUT2D eigenvalue weighted by atomic mass is 9.68. The molecule has 7 nitrogen and oxygen atoms in total. The van der Waals surface area contributed by atoms with Crippen molar-refractivity contribution in [2.45, 2.75) is 38.7 Å². The summed E-state index contributed by atoms with van der Waals surface area (Å²) in [5.74, 6) is -1.53. The minimum absolute atomic E-state index is 0.0868. The monoisotopic (exact) mass is 387 g/mol. The fourth-order valence-electron chi connectivity index (χ4n) is 3.38. The number of nitrogens with two attached hydrogens (primary N) is 1. The highest BCUT2D eigenvalue weighted by atomic mass is 35.5. The summed E-state index contributed by atoms with van der Waals surface area (Å²) < 4.78 is 10.9. The zero-order chi connectivity index (χ0) is 20.1. The maximum atomic E-state index is 13.2. The van der Waals surface area contributed by atoms with Gasteiger partial charge in [-0.2, -0.15) is 5.26 Å². The molecule has 2 aliphatic rings. The van der Waals surface area contributed by atoms with Crippen LogP contribution in [0.15, 0.2) is 41.0 Å². The van der Waals surface area contributed by atoms with Gasteiger partial charge in [0.25, 0.3) is 0 Å². The molecule has 0 bridgehead atoms. The second-order valence-electron chi connectivity index (χ2n) is 7.28. The summed E-state index contributed by atoms with van der Waals surface area (Å²) in [5.41, 5.74) is 3.81. The van der Waals surface area contributed by atoms with E-state index in [2.05, 4.69) is 5.32 Å². The summed E-state index contributed by atoms with van der Waals surface area (Å²) in [7, 11) is 0. The number of hydrogen-bond acceptors (Lipinski definition) is 6. The van der Waals surface area contributed by atoms with Crippen molar-refractivity contribution in [1.82, 2.24) is 0 Å². The first kappa shape index (κ1) is 18.8. The van der Waals surface area contributed by atoms with Gasteiger partial charge in [0, 0.05) is 16.3 Å². The molecule has 140 valence electrons. The van der Waals surface area contributed by atoms with Gasteiger partial charge in [0.2, 0.25) is 11.8 Å². The number of nitrogens with zero attached hydrogens (tertiary/aromatic N) is 1. The molecule has 2 aliphatic heterocycles. The van der Waals surface area contributed by atoms with Crippen LogP contribution in [0.2, 0.25) is 5.02 Å². The molecular weight excluding hydrogens is 370 g/mol. The number of ether oxygens (including phenoxy) is 2. The summed E-state index contributed by atoms with van der Waals surface area (Å²) >= 11 is 6.14. The molecule has 1 aromatic rings. The van der Waals surface area contributed by atoms with Crippen LogP contribution in [0.25, 0.3) is 0 Å². The van der Waals surface area contributed by atoms with Gasteiger partial charge in [0.05, 0.1) is 0 Å². The minimum Gasteiger partial charge on any atom is -0.456 e. The maximum absolute atomic E-state index is 13.2. The van der Waals surface area contributed by atoms with Crippen LogP contribution in [0.3, 0.4) is 0 Å². The van der Waals surface area contributed by atoms with Crippen LogP contribution < -0.4 is 11.1 Å². The van der Waals surface area contributed by atoms with E-state index in [0.29, 0.717) is 16.3 Å². The molecule has 8 heteroatoms. The van der Waals surface area contributed by atoms with Crippen molar-refractivity contribution >= 4 is 29.2 Å². The first-order valence-corrected chi connectivity index (χ1v) is 8.54. The van der Waals surface area contributed by atoms with Crippen molar-refractivity contribution in [3.8, 4) is 6.07 Å². The molecule has 0 aromatic heterocycles. The third-order valence-electron chi connectivity index (χ3n) is 4.30. The Balaban J connectivity index is 2.36. The van der Waals surface area contributed by atoms with E-state index in [1.807, 2.05) is 6.07 Å². The largest absolute Gasteiger partial charge is 0.456 e. The molecule has 0 saturated heterocycles. The van der Waals surface area contributed by atoms with E-state index in [4.69, 9.17) is 26.8 Å². The highest BCUT2D eigenvalue weighted by Gasteiger charge is 2.60. The zero-order valence-electron chi connectivity index (χ0n) is 15.3. The van der Waals surface area contributed by atoms with Crippen LogP contribution in [0, 0.1) is 11.3 Å². The van der Waals surface area contributed by atoms with Crippen LogP contribution >= 0.6 is 11.6 Å². The average Bonchev–Trinajstić information content (AvgIpc) is 2.79. The lowest BCUT2D eigenvalue weighted by molar-refractivity contribution is -0.151. The van der Waals surface area contributed by atoms with Gasteiger partial charge in [-0.25, -0.2) is 4.79 Å². The third-order valence-corrected chi connectivity index (χ3v) is 4.54. The molecule has 3 N–H and O–H groups in total. The van der Waals surface area contributed by atoms with Crippen molar-refractivity contribution in [1.29, 1.82) is 5.26 Å². The second kappa shape index (κ2) is 6.03. The number of nitriles is 1. The maximum Gasteiger partial charge on any atom is 0.339 e. The molecular formula is C19H18ClN3O4. The Bertz CT molecular complexity index is 982. The molecule has 2 heterocycles. The number of benzene rings is 1. The van der Waals surface area contributed by atoms with Gasteiger partial charge in [-0.15, -0.1) is 0 Å². The number of nitrogens with one attached hydrogen (secondary N) is 1. The quantitative estimate of drug-likeness (QED) is 0.716.